The maximum atomic E-state index is 6.68. The Morgan fingerprint density at radius 3 is 1.86 bits per heavy atom. The van der Waals surface area contributed by atoms with Crippen LogP contribution in [0.3, 0.4) is 0 Å². The molecular formula is C60H45NO2. The van der Waals surface area contributed by atoms with Crippen molar-refractivity contribution >= 4 is 76.7 Å². The Hall–Kier alpha value is -7.62. The molecule has 0 fully saturated rings. The van der Waals surface area contributed by atoms with E-state index in [1.54, 1.807) is 0 Å². The summed E-state index contributed by atoms with van der Waals surface area (Å²) in [6, 6.07) is 67.9. The van der Waals surface area contributed by atoms with Gasteiger partial charge in [-0.3, -0.25) is 0 Å². The summed E-state index contributed by atoms with van der Waals surface area (Å²) in [6.07, 6.45) is 0.837. The van der Waals surface area contributed by atoms with Crippen molar-refractivity contribution in [3.05, 3.63) is 216 Å². The van der Waals surface area contributed by atoms with Crippen molar-refractivity contribution in [3.8, 4) is 22.3 Å². The Bertz CT molecular complexity index is 3670. The van der Waals surface area contributed by atoms with E-state index in [0.29, 0.717) is 0 Å². The molecule has 2 aromatic heterocycles. The lowest BCUT2D eigenvalue weighted by Gasteiger charge is -2.35. The van der Waals surface area contributed by atoms with Gasteiger partial charge in [-0.05, 0) is 123 Å². The summed E-state index contributed by atoms with van der Waals surface area (Å²) in [5.74, 6) is 0.151. The van der Waals surface area contributed by atoms with Crippen molar-refractivity contribution < 1.29 is 8.83 Å². The smallest absolute Gasteiger partial charge is 0.136 e. The number of allylic oxidation sites excluding steroid dienone is 2. The second-order valence-corrected chi connectivity index (χ2v) is 17.4. The minimum Gasteiger partial charge on any atom is -0.456 e. The summed E-state index contributed by atoms with van der Waals surface area (Å²) in [5, 5.41) is 13.7. The van der Waals surface area contributed by atoms with Crippen LogP contribution in [0, 0.1) is 5.92 Å². The Labute approximate surface area is 366 Å². The second kappa shape index (κ2) is 14.8. The van der Waals surface area contributed by atoms with Crippen LogP contribution in [-0.4, -0.2) is 0 Å². The molecule has 1 aliphatic heterocycles. The van der Waals surface area contributed by atoms with Gasteiger partial charge in [-0.2, -0.15) is 0 Å². The summed E-state index contributed by atoms with van der Waals surface area (Å²) in [4.78, 5) is 0. The molecule has 9 aromatic carbocycles. The molecular weight excluding hydrogens is 767 g/mol. The number of rotatable bonds is 5. The second-order valence-electron chi connectivity index (χ2n) is 17.4. The molecule has 3 heteroatoms. The van der Waals surface area contributed by atoms with Crippen molar-refractivity contribution in [2.24, 2.45) is 5.92 Å². The Kier molecular flexibility index (Phi) is 8.72. The maximum absolute atomic E-state index is 6.68. The van der Waals surface area contributed by atoms with Crippen molar-refractivity contribution in [3.63, 3.8) is 0 Å². The fourth-order valence-corrected chi connectivity index (χ4v) is 10.5. The van der Waals surface area contributed by atoms with E-state index in [-0.39, 0.29) is 12.0 Å². The van der Waals surface area contributed by atoms with Gasteiger partial charge in [0, 0.05) is 38.7 Å². The van der Waals surface area contributed by atoms with Gasteiger partial charge < -0.3 is 14.2 Å². The molecule has 63 heavy (non-hydrogen) atoms. The molecule has 2 unspecified atom stereocenters. The number of benzene rings is 9. The van der Waals surface area contributed by atoms with Crippen molar-refractivity contribution in [1.29, 1.82) is 0 Å². The highest BCUT2D eigenvalue weighted by Crippen LogP contribution is 2.47. The molecule has 302 valence electrons. The molecule has 12 rings (SSSR count). The lowest BCUT2D eigenvalue weighted by Crippen LogP contribution is -2.29. The number of para-hydroxylation sites is 2. The summed E-state index contributed by atoms with van der Waals surface area (Å²) in [5.41, 5.74) is 17.2. The fraction of sp³-hybridized carbons (Fsp3) is 0.100. The number of furan rings is 2. The molecule has 0 spiro atoms. The average molecular weight is 812 g/mol. The first-order valence-corrected chi connectivity index (χ1v) is 22.1. The first kappa shape index (κ1) is 37.2. The number of nitrogens with one attached hydrogen (secondary N) is 1. The molecule has 11 aromatic rings. The van der Waals surface area contributed by atoms with Gasteiger partial charge in [0.25, 0.3) is 0 Å². The van der Waals surface area contributed by atoms with E-state index >= 15 is 0 Å². The highest BCUT2D eigenvalue weighted by molar-refractivity contribution is 6.17. The van der Waals surface area contributed by atoms with Gasteiger partial charge in [0.05, 0.1) is 6.04 Å². The van der Waals surface area contributed by atoms with Crippen LogP contribution in [0.15, 0.2) is 208 Å². The topological polar surface area (TPSA) is 38.3 Å². The average Bonchev–Trinajstić information content (AvgIpc) is 3.91. The summed E-state index contributed by atoms with van der Waals surface area (Å²) in [7, 11) is 0. The van der Waals surface area contributed by atoms with Gasteiger partial charge in [0.15, 0.2) is 0 Å². The Morgan fingerprint density at radius 2 is 1.08 bits per heavy atom. The van der Waals surface area contributed by atoms with Crippen LogP contribution in [0.2, 0.25) is 0 Å². The number of hydrogen-bond acceptors (Lipinski definition) is 3. The number of hydrogen-bond donors (Lipinski definition) is 1. The lowest BCUT2D eigenvalue weighted by atomic mass is 9.79. The van der Waals surface area contributed by atoms with Crippen LogP contribution < -0.4 is 5.32 Å². The minimum absolute atomic E-state index is 0.0555. The van der Waals surface area contributed by atoms with E-state index < -0.39 is 0 Å². The molecule has 0 radical (unpaired) electrons. The first-order valence-electron chi connectivity index (χ1n) is 22.1. The zero-order valence-corrected chi connectivity index (χ0v) is 35.6. The van der Waals surface area contributed by atoms with Crippen LogP contribution in [0.5, 0.6) is 0 Å². The zero-order valence-electron chi connectivity index (χ0n) is 35.6. The minimum atomic E-state index is -0.0555. The zero-order chi connectivity index (χ0) is 42.2. The molecule has 1 aliphatic rings. The van der Waals surface area contributed by atoms with Gasteiger partial charge in [-0.25, -0.2) is 0 Å². The van der Waals surface area contributed by atoms with Crippen LogP contribution >= 0.6 is 0 Å². The van der Waals surface area contributed by atoms with Gasteiger partial charge in [-0.1, -0.05) is 164 Å². The largest absolute Gasteiger partial charge is 0.456 e. The molecule has 0 saturated heterocycles. The van der Waals surface area contributed by atoms with Crippen molar-refractivity contribution in [2.75, 3.05) is 0 Å². The van der Waals surface area contributed by atoms with E-state index in [4.69, 9.17) is 8.83 Å². The van der Waals surface area contributed by atoms with Gasteiger partial charge in [-0.15, -0.1) is 0 Å². The molecule has 2 atom stereocenters. The molecule has 0 saturated carbocycles. The predicted octanol–water partition coefficient (Wildman–Crippen LogP) is 16.7. The van der Waals surface area contributed by atoms with Crippen molar-refractivity contribution in [2.45, 2.75) is 33.2 Å². The third-order valence-corrected chi connectivity index (χ3v) is 13.8. The summed E-state index contributed by atoms with van der Waals surface area (Å²) >= 11 is 0. The Balaban J connectivity index is 1.08. The van der Waals surface area contributed by atoms with Gasteiger partial charge in [0.1, 0.15) is 22.3 Å². The quantitative estimate of drug-likeness (QED) is 0.188. The van der Waals surface area contributed by atoms with E-state index in [2.05, 4.69) is 214 Å². The highest BCUT2D eigenvalue weighted by Gasteiger charge is 2.30. The SMILES string of the molecule is C/C1=C(\c2cccc3oc4ccccc4c23)NC(c2ccc(-c3cc(-c4ccc5ccccc5c4)cc4oc5ccccc5c34)c3ccccc23)C(C)/C(C)=C(/c2ccccc2)C1. The lowest BCUT2D eigenvalue weighted by molar-refractivity contribution is 0.486. The third kappa shape index (κ3) is 6.10. The van der Waals surface area contributed by atoms with Crippen molar-refractivity contribution in [1.82, 2.24) is 5.32 Å². The standard InChI is InChI=1S/C60H45NO2/c1-36-32-51(40-17-5-4-6-18-40)37(2)38(3)60(61-59(36)50-24-15-27-55-57(50)48-22-11-13-25-53(48)62-55)47-31-30-46(44-20-9-10-21-45(44)47)52-34-43(42-29-28-39-16-7-8-19-41(39)33-42)35-56-58(52)49-23-12-14-26-54(49)63-56/h4-31,33-35,38,60-61H,32H2,1-3H3/b51-37+,59-36-. The summed E-state index contributed by atoms with van der Waals surface area (Å²) < 4.78 is 13.2. The van der Waals surface area contributed by atoms with Gasteiger partial charge >= 0.3 is 0 Å². The molecule has 3 heterocycles. The normalized spacial score (nSPS) is 18.4. The Morgan fingerprint density at radius 1 is 0.444 bits per heavy atom. The molecule has 0 aliphatic carbocycles. The number of fused-ring (bicyclic) bond motifs is 8. The van der Waals surface area contributed by atoms with Crippen LogP contribution in [-0.2, 0) is 0 Å². The van der Waals surface area contributed by atoms with E-state index in [0.717, 1.165) is 67.1 Å². The monoisotopic (exact) mass is 811 g/mol. The first-order chi connectivity index (χ1) is 31.0. The molecule has 3 nitrogen and oxygen atoms in total. The van der Waals surface area contributed by atoms with E-state index in [9.17, 15) is 0 Å². The van der Waals surface area contributed by atoms with E-state index in [1.165, 1.54) is 66.1 Å². The van der Waals surface area contributed by atoms with Crippen LogP contribution in [0.4, 0.5) is 0 Å². The third-order valence-electron chi connectivity index (χ3n) is 13.8. The molecule has 0 bridgehead atoms. The van der Waals surface area contributed by atoms with E-state index in [1.807, 2.05) is 0 Å². The highest BCUT2D eigenvalue weighted by atomic mass is 16.3. The molecule has 0 amide bonds. The van der Waals surface area contributed by atoms with Crippen LogP contribution in [0.1, 0.15) is 49.9 Å². The van der Waals surface area contributed by atoms with Gasteiger partial charge in [0.2, 0.25) is 0 Å². The maximum Gasteiger partial charge on any atom is 0.136 e. The predicted molar refractivity (Wildman–Crippen MR) is 265 cm³/mol. The summed E-state index contributed by atoms with van der Waals surface area (Å²) in [6.45, 7) is 7.05. The van der Waals surface area contributed by atoms with Crippen LogP contribution in [0.25, 0.3) is 98.9 Å². The molecule has 1 N–H and O–H groups in total. The fourth-order valence-electron chi connectivity index (χ4n) is 10.5.